The number of aromatic nitrogens is 3. The van der Waals surface area contributed by atoms with Gasteiger partial charge in [0.15, 0.2) is 9.84 Å². The SMILES string of the molecule is COc1ncc(-c2nc(N3CCCCC3)nc3c(CN4CC[C@@H](N5CCC[C@@H]5C)C4)c(C)sc23)cc1CS(C)(=O)=O. The monoisotopic (exact) mass is 598 g/mol. The molecule has 3 saturated heterocycles. The predicted octanol–water partition coefficient (Wildman–Crippen LogP) is 4.66. The van der Waals surface area contributed by atoms with Gasteiger partial charge in [-0.05, 0) is 65.0 Å². The van der Waals surface area contributed by atoms with Crippen molar-refractivity contribution in [2.45, 2.75) is 76.8 Å². The Hall–Kier alpha value is -2.34. The second-order valence-corrected chi connectivity index (χ2v) is 15.5. The average Bonchev–Trinajstić information content (AvgIpc) is 3.67. The number of aryl methyl sites for hydroxylation is 1. The number of hydrogen-bond acceptors (Lipinski definition) is 10. The maximum atomic E-state index is 12.2. The first kappa shape index (κ1) is 28.8. The van der Waals surface area contributed by atoms with Crippen molar-refractivity contribution in [3.63, 3.8) is 0 Å². The van der Waals surface area contributed by atoms with Gasteiger partial charge in [0.05, 0.1) is 28.8 Å². The Kier molecular flexibility index (Phi) is 8.24. The molecule has 0 N–H and O–H groups in total. The number of ether oxygens (including phenoxy) is 1. The van der Waals surface area contributed by atoms with Gasteiger partial charge in [-0.25, -0.2) is 23.4 Å². The van der Waals surface area contributed by atoms with E-state index in [9.17, 15) is 8.42 Å². The van der Waals surface area contributed by atoms with Crippen molar-refractivity contribution in [3.8, 4) is 17.1 Å². The molecule has 2 atom stereocenters. The minimum atomic E-state index is -3.27. The molecular weight excluding hydrogens is 557 g/mol. The second-order valence-electron chi connectivity index (χ2n) is 12.1. The van der Waals surface area contributed by atoms with Gasteiger partial charge in [0.25, 0.3) is 0 Å². The van der Waals surface area contributed by atoms with Crippen molar-refractivity contribution >= 4 is 37.3 Å². The first-order valence-corrected chi connectivity index (χ1v) is 17.8. The molecule has 3 aliphatic heterocycles. The molecule has 6 rings (SSSR count). The smallest absolute Gasteiger partial charge is 0.226 e. The van der Waals surface area contributed by atoms with Crippen molar-refractivity contribution < 1.29 is 13.2 Å². The lowest BCUT2D eigenvalue weighted by molar-refractivity contribution is 0.185. The van der Waals surface area contributed by atoms with Crippen LogP contribution in [-0.4, -0.2) is 91.3 Å². The van der Waals surface area contributed by atoms with E-state index < -0.39 is 9.84 Å². The van der Waals surface area contributed by atoms with Crippen molar-refractivity contribution in [1.82, 2.24) is 24.8 Å². The summed E-state index contributed by atoms with van der Waals surface area (Å²) in [6.45, 7) is 10.8. The number of anilines is 1. The summed E-state index contributed by atoms with van der Waals surface area (Å²) in [6.07, 6.45) is 10.4. The fourth-order valence-corrected chi connectivity index (χ4v) is 8.77. The number of pyridine rings is 1. The van der Waals surface area contributed by atoms with E-state index >= 15 is 0 Å². The molecule has 0 bridgehead atoms. The van der Waals surface area contributed by atoms with E-state index in [1.807, 2.05) is 6.07 Å². The van der Waals surface area contributed by atoms with Gasteiger partial charge in [0, 0.05) is 78.8 Å². The van der Waals surface area contributed by atoms with Gasteiger partial charge in [-0.3, -0.25) is 9.80 Å². The number of nitrogens with zero attached hydrogens (tertiary/aromatic N) is 6. The summed E-state index contributed by atoms with van der Waals surface area (Å²) < 4.78 is 30.9. The third kappa shape index (κ3) is 6.09. The number of fused-ring (bicyclic) bond motifs is 1. The van der Waals surface area contributed by atoms with Crippen LogP contribution in [0.2, 0.25) is 0 Å². The lowest BCUT2D eigenvalue weighted by Gasteiger charge is -2.28. The summed E-state index contributed by atoms with van der Waals surface area (Å²) in [7, 11) is -1.75. The van der Waals surface area contributed by atoms with Crippen LogP contribution in [0.15, 0.2) is 12.3 Å². The normalized spacial score (nSPS) is 22.7. The van der Waals surface area contributed by atoms with Gasteiger partial charge >= 0.3 is 0 Å². The summed E-state index contributed by atoms with van der Waals surface area (Å²) >= 11 is 1.74. The van der Waals surface area contributed by atoms with Gasteiger partial charge in [0.2, 0.25) is 11.8 Å². The molecule has 3 fully saturated rings. The number of rotatable bonds is 8. The molecule has 0 aliphatic carbocycles. The minimum absolute atomic E-state index is 0.134. The number of piperidine rings is 1. The van der Waals surface area contributed by atoms with E-state index in [0.29, 0.717) is 23.5 Å². The molecule has 0 radical (unpaired) electrons. The van der Waals surface area contributed by atoms with Crippen LogP contribution in [0.25, 0.3) is 21.5 Å². The maximum Gasteiger partial charge on any atom is 0.226 e. The molecular formula is C30H42N6O3S2. The number of methoxy groups -OCH3 is 1. The van der Waals surface area contributed by atoms with Crippen LogP contribution < -0.4 is 9.64 Å². The van der Waals surface area contributed by atoms with Crippen molar-refractivity contribution in [3.05, 3.63) is 28.3 Å². The molecule has 222 valence electrons. The molecule has 0 aromatic carbocycles. The van der Waals surface area contributed by atoms with Crippen LogP contribution in [0.4, 0.5) is 5.95 Å². The summed E-state index contributed by atoms with van der Waals surface area (Å²) in [5.41, 5.74) is 4.49. The maximum absolute atomic E-state index is 12.2. The van der Waals surface area contributed by atoms with Crippen LogP contribution in [-0.2, 0) is 22.1 Å². The van der Waals surface area contributed by atoms with E-state index in [4.69, 9.17) is 14.7 Å². The zero-order valence-corrected chi connectivity index (χ0v) is 26.4. The Morgan fingerprint density at radius 2 is 1.88 bits per heavy atom. The summed E-state index contributed by atoms with van der Waals surface area (Å²) in [5.74, 6) is 0.960. The Bertz CT molecular complexity index is 1520. The summed E-state index contributed by atoms with van der Waals surface area (Å²) in [5, 5.41) is 0. The molecule has 0 unspecified atom stereocenters. The Labute approximate surface area is 247 Å². The first-order chi connectivity index (χ1) is 19.7. The molecule has 0 saturated carbocycles. The second kappa shape index (κ2) is 11.7. The average molecular weight is 599 g/mol. The fourth-order valence-electron chi connectivity index (χ4n) is 6.88. The molecule has 3 aromatic heterocycles. The lowest BCUT2D eigenvalue weighted by Crippen LogP contribution is -2.39. The van der Waals surface area contributed by atoms with E-state index in [-0.39, 0.29) is 5.75 Å². The molecule has 0 spiro atoms. The molecule has 0 amide bonds. The fraction of sp³-hybridized carbons (Fsp3) is 0.633. The van der Waals surface area contributed by atoms with Gasteiger partial charge in [-0.1, -0.05) is 0 Å². The number of likely N-dealkylation sites (tertiary alicyclic amines) is 2. The van der Waals surface area contributed by atoms with Gasteiger partial charge in [-0.2, -0.15) is 0 Å². The van der Waals surface area contributed by atoms with E-state index in [1.165, 1.54) is 56.0 Å². The van der Waals surface area contributed by atoms with E-state index in [0.717, 1.165) is 73.0 Å². The minimum Gasteiger partial charge on any atom is -0.481 e. The van der Waals surface area contributed by atoms with Crippen LogP contribution in [0.3, 0.4) is 0 Å². The van der Waals surface area contributed by atoms with E-state index in [1.54, 1.807) is 17.5 Å². The highest BCUT2D eigenvalue weighted by Crippen LogP contribution is 2.39. The lowest BCUT2D eigenvalue weighted by atomic mass is 10.1. The summed E-state index contributed by atoms with van der Waals surface area (Å²) in [4.78, 5) is 23.7. The third-order valence-electron chi connectivity index (χ3n) is 8.97. The highest BCUT2D eigenvalue weighted by molar-refractivity contribution is 7.89. The largest absolute Gasteiger partial charge is 0.481 e. The molecule has 11 heteroatoms. The van der Waals surface area contributed by atoms with Crippen molar-refractivity contribution in [2.24, 2.45) is 0 Å². The number of sulfone groups is 1. The standard InChI is InChI=1S/C30H42N6O3S2/c1-20-9-8-13-36(20)24-10-14-34(17-24)18-25-21(2)40-28-26(32-30(33-27(25)28)35-11-6-5-7-12-35)22-15-23(19-41(4,37)38)29(39-3)31-16-22/h15-16,20,24H,5-14,17-19H2,1-4H3/t20-,24+/m0/s1. The molecule has 41 heavy (non-hydrogen) atoms. The molecule has 3 aromatic rings. The Morgan fingerprint density at radius 3 is 2.59 bits per heavy atom. The highest BCUT2D eigenvalue weighted by Gasteiger charge is 2.33. The zero-order chi connectivity index (χ0) is 28.7. The van der Waals surface area contributed by atoms with Crippen LogP contribution in [0, 0.1) is 6.92 Å². The topological polar surface area (TPSA) is 91.8 Å². The van der Waals surface area contributed by atoms with Gasteiger partial charge in [0.1, 0.15) is 0 Å². The molecule has 9 nitrogen and oxygen atoms in total. The highest BCUT2D eigenvalue weighted by atomic mass is 32.2. The Morgan fingerprint density at radius 1 is 1.07 bits per heavy atom. The summed E-state index contributed by atoms with van der Waals surface area (Å²) in [6, 6.07) is 3.22. The Balaban J connectivity index is 1.40. The van der Waals surface area contributed by atoms with Crippen LogP contribution >= 0.6 is 11.3 Å². The zero-order valence-electron chi connectivity index (χ0n) is 24.7. The van der Waals surface area contributed by atoms with Crippen LogP contribution in [0.5, 0.6) is 5.88 Å². The van der Waals surface area contributed by atoms with Crippen molar-refractivity contribution in [2.75, 3.05) is 51.0 Å². The predicted molar refractivity (Wildman–Crippen MR) is 166 cm³/mol. The molecule has 3 aliphatic rings. The first-order valence-electron chi connectivity index (χ1n) is 14.9. The molecule has 6 heterocycles. The van der Waals surface area contributed by atoms with Gasteiger partial charge in [-0.15, -0.1) is 11.3 Å². The quantitative estimate of drug-likeness (QED) is 0.367. The van der Waals surface area contributed by atoms with E-state index in [2.05, 4.69) is 33.5 Å². The number of hydrogen-bond donors (Lipinski definition) is 0. The number of thiophene rings is 1. The van der Waals surface area contributed by atoms with Gasteiger partial charge < -0.3 is 9.64 Å². The third-order valence-corrected chi connectivity index (χ3v) is 10.9. The van der Waals surface area contributed by atoms with Crippen molar-refractivity contribution in [1.29, 1.82) is 0 Å². The van der Waals surface area contributed by atoms with Crippen LogP contribution in [0.1, 0.15) is 61.5 Å².